The van der Waals surface area contributed by atoms with Crippen molar-refractivity contribution in [2.75, 3.05) is 46.6 Å². The Kier molecular flexibility index (Phi) is 8.80. The summed E-state index contributed by atoms with van der Waals surface area (Å²) in [5.41, 5.74) is 0. The summed E-state index contributed by atoms with van der Waals surface area (Å²) in [6, 6.07) is 7.53. The van der Waals surface area contributed by atoms with Crippen molar-refractivity contribution in [3.05, 3.63) is 24.3 Å². The molecule has 19 heavy (non-hydrogen) atoms. The fourth-order valence-electron chi connectivity index (χ4n) is 1.50. The number of hydrogen-bond donors (Lipinski definition) is 2. The summed E-state index contributed by atoms with van der Waals surface area (Å²) in [6.45, 7) is 3.49. The van der Waals surface area contributed by atoms with E-state index in [0.29, 0.717) is 19.8 Å². The van der Waals surface area contributed by atoms with Crippen molar-refractivity contribution in [3.8, 4) is 11.5 Å². The first-order valence-electron chi connectivity index (χ1n) is 6.53. The fourth-order valence-corrected chi connectivity index (χ4v) is 1.50. The molecule has 0 amide bonds. The van der Waals surface area contributed by atoms with Crippen LogP contribution < -0.4 is 14.8 Å². The second-order valence-electron chi connectivity index (χ2n) is 3.96. The summed E-state index contributed by atoms with van der Waals surface area (Å²) in [5, 5.41) is 11.8. The van der Waals surface area contributed by atoms with Gasteiger partial charge in [-0.2, -0.15) is 0 Å². The van der Waals surface area contributed by atoms with Gasteiger partial charge in [-0.25, -0.2) is 0 Å². The Morgan fingerprint density at radius 1 is 1.00 bits per heavy atom. The lowest BCUT2D eigenvalue weighted by Gasteiger charge is -2.08. The molecule has 1 aromatic carbocycles. The predicted molar refractivity (Wildman–Crippen MR) is 73.9 cm³/mol. The molecule has 0 aliphatic carbocycles. The topological polar surface area (TPSA) is 60.0 Å². The van der Waals surface area contributed by atoms with Crippen molar-refractivity contribution < 1.29 is 19.3 Å². The number of hydrogen-bond acceptors (Lipinski definition) is 5. The Balaban J connectivity index is 1.95. The molecule has 0 fully saturated rings. The van der Waals surface area contributed by atoms with Crippen molar-refractivity contribution in [1.29, 1.82) is 0 Å². The Morgan fingerprint density at radius 3 is 2.42 bits per heavy atom. The van der Waals surface area contributed by atoms with E-state index >= 15 is 0 Å². The molecule has 0 heterocycles. The number of benzene rings is 1. The molecule has 5 nitrogen and oxygen atoms in total. The summed E-state index contributed by atoms with van der Waals surface area (Å²) < 4.78 is 15.8. The van der Waals surface area contributed by atoms with Gasteiger partial charge in [0.05, 0.1) is 20.3 Å². The molecule has 108 valence electrons. The van der Waals surface area contributed by atoms with E-state index in [0.717, 1.165) is 31.0 Å². The third-order valence-electron chi connectivity index (χ3n) is 2.48. The van der Waals surface area contributed by atoms with Crippen molar-refractivity contribution in [1.82, 2.24) is 5.32 Å². The van der Waals surface area contributed by atoms with Crippen molar-refractivity contribution in [2.45, 2.75) is 6.42 Å². The van der Waals surface area contributed by atoms with Gasteiger partial charge in [0.2, 0.25) is 0 Å². The summed E-state index contributed by atoms with van der Waals surface area (Å²) in [5.74, 6) is 1.67. The zero-order valence-electron chi connectivity index (χ0n) is 11.4. The lowest BCUT2D eigenvalue weighted by Crippen LogP contribution is -2.23. The van der Waals surface area contributed by atoms with Gasteiger partial charge in [0, 0.05) is 13.2 Å². The largest absolute Gasteiger partial charge is 0.497 e. The average molecular weight is 269 g/mol. The van der Waals surface area contributed by atoms with E-state index < -0.39 is 0 Å². The minimum Gasteiger partial charge on any atom is -0.497 e. The van der Waals surface area contributed by atoms with Crippen LogP contribution >= 0.6 is 0 Å². The van der Waals surface area contributed by atoms with Crippen molar-refractivity contribution in [2.24, 2.45) is 0 Å². The molecule has 0 aliphatic heterocycles. The highest BCUT2D eigenvalue weighted by molar-refractivity contribution is 5.31. The predicted octanol–water partition coefficient (Wildman–Crippen LogP) is 1.06. The molecule has 0 unspecified atom stereocenters. The van der Waals surface area contributed by atoms with Crippen LogP contribution in [-0.4, -0.2) is 51.7 Å². The van der Waals surface area contributed by atoms with Gasteiger partial charge in [0.25, 0.3) is 0 Å². The molecule has 0 radical (unpaired) electrons. The van der Waals surface area contributed by atoms with Crippen LogP contribution in [0.15, 0.2) is 24.3 Å². The normalized spacial score (nSPS) is 10.4. The smallest absolute Gasteiger partial charge is 0.119 e. The second-order valence-corrected chi connectivity index (χ2v) is 3.96. The molecule has 5 heteroatoms. The van der Waals surface area contributed by atoms with E-state index in [1.54, 1.807) is 7.11 Å². The first-order valence-corrected chi connectivity index (χ1v) is 6.53. The molecule has 1 rings (SSSR count). The number of nitrogens with one attached hydrogen (secondary N) is 1. The minimum absolute atomic E-state index is 0.0864. The maximum absolute atomic E-state index is 8.52. The van der Waals surface area contributed by atoms with Gasteiger partial charge in [-0.3, -0.25) is 0 Å². The third-order valence-corrected chi connectivity index (χ3v) is 2.48. The van der Waals surface area contributed by atoms with Crippen molar-refractivity contribution in [3.63, 3.8) is 0 Å². The van der Waals surface area contributed by atoms with Gasteiger partial charge < -0.3 is 24.6 Å². The maximum atomic E-state index is 8.52. The first-order chi connectivity index (χ1) is 9.36. The Hall–Kier alpha value is -1.30. The zero-order valence-corrected chi connectivity index (χ0v) is 11.4. The van der Waals surface area contributed by atoms with Crippen LogP contribution in [0.2, 0.25) is 0 Å². The van der Waals surface area contributed by atoms with E-state index in [2.05, 4.69) is 5.32 Å². The highest BCUT2D eigenvalue weighted by Gasteiger charge is 1.95. The number of aliphatic hydroxyl groups excluding tert-OH is 1. The van der Waals surface area contributed by atoms with Gasteiger partial charge in [0.1, 0.15) is 18.1 Å². The summed E-state index contributed by atoms with van der Waals surface area (Å²) >= 11 is 0. The van der Waals surface area contributed by atoms with Crippen LogP contribution in [0.1, 0.15) is 6.42 Å². The first kappa shape index (κ1) is 15.8. The fraction of sp³-hybridized carbons (Fsp3) is 0.571. The van der Waals surface area contributed by atoms with Gasteiger partial charge in [-0.15, -0.1) is 0 Å². The Bertz CT molecular complexity index is 316. The third kappa shape index (κ3) is 7.66. The lowest BCUT2D eigenvalue weighted by molar-refractivity contribution is 0.0906. The van der Waals surface area contributed by atoms with E-state index in [9.17, 15) is 0 Å². The van der Waals surface area contributed by atoms with E-state index in [4.69, 9.17) is 19.3 Å². The molecule has 0 aliphatic rings. The van der Waals surface area contributed by atoms with Crippen LogP contribution in [0.3, 0.4) is 0 Å². The molecule has 0 saturated heterocycles. The summed E-state index contributed by atoms with van der Waals surface area (Å²) in [4.78, 5) is 0. The molecule has 0 bridgehead atoms. The van der Waals surface area contributed by atoms with Crippen LogP contribution in [0.5, 0.6) is 11.5 Å². The number of methoxy groups -OCH3 is 1. The standard InChI is InChI=1S/C14H23NO4/c1-17-13-3-5-14(6-4-13)19-11-8-15-7-2-10-18-12-9-16/h3-6,15-16H,2,7-12H2,1H3. The molecule has 0 saturated carbocycles. The quantitative estimate of drug-likeness (QED) is 0.588. The lowest BCUT2D eigenvalue weighted by atomic mass is 10.3. The van der Waals surface area contributed by atoms with E-state index in [1.807, 2.05) is 24.3 Å². The number of aliphatic hydroxyl groups is 1. The van der Waals surface area contributed by atoms with Crippen molar-refractivity contribution >= 4 is 0 Å². The zero-order chi connectivity index (χ0) is 13.8. The summed E-state index contributed by atoms with van der Waals surface area (Å²) in [7, 11) is 1.64. The molecular formula is C14H23NO4. The van der Waals surface area contributed by atoms with Crippen LogP contribution in [0.25, 0.3) is 0 Å². The monoisotopic (exact) mass is 269 g/mol. The van der Waals surface area contributed by atoms with E-state index in [-0.39, 0.29) is 6.61 Å². The van der Waals surface area contributed by atoms with E-state index in [1.165, 1.54) is 0 Å². The van der Waals surface area contributed by atoms with Crippen LogP contribution in [-0.2, 0) is 4.74 Å². The minimum atomic E-state index is 0.0864. The maximum Gasteiger partial charge on any atom is 0.119 e. The summed E-state index contributed by atoms with van der Waals surface area (Å²) in [6.07, 6.45) is 0.933. The van der Waals surface area contributed by atoms with Gasteiger partial charge >= 0.3 is 0 Å². The Labute approximate surface area is 114 Å². The molecule has 0 spiro atoms. The molecule has 0 atom stereocenters. The number of ether oxygens (including phenoxy) is 3. The molecule has 1 aromatic rings. The van der Waals surface area contributed by atoms with Crippen LogP contribution in [0, 0.1) is 0 Å². The highest BCUT2D eigenvalue weighted by atomic mass is 16.5. The molecule has 2 N–H and O–H groups in total. The number of rotatable bonds is 11. The van der Waals surface area contributed by atoms with Gasteiger partial charge in [-0.1, -0.05) is 0 Å². The average Bonchev–Trinajstić information content (AvgIpc) is 2.46. The Morgan fingerprint density at radius 2 is 1.74 bits per heavy atom. The van der Waals surface area contributed by atoms with Crippen LogP contribution in [0.4, 0.5) is 0 Å². The van der Waals surface area contributed by atoms with Gasteiger partial charge in [0.15, 0.2) is 0 Å². The highest BCUT2D eigenvalue weighted by Crippen LogP contribution is 2.16. The molecular weight excluding hydrogens is 246 g/mol. The second kappa shape index (κ2) is 10.6. The van der Waals surface area contributed by atoms with Gasteiger partial charge in [-0.05, 0) is 37.2 Å². The SMILES string of the molecule is COc1ccc(OCCNCCCOCCO)cc1. The molecule has 0 aromatic heterocycles.